The van der Waals surface area contributed by atoms with Crippen molar-refractivity contribution in [3.63, 3.8) is 0 Å². The first-order valence-electron chi connectivity index (χ1n) is 15.3. The monoisotopic (exact) mass is 553 g/mol. The normalized spacial score (nSPS) is 14.3. The summed E-state index contributed by atoms with van der Waals surface area (Å²) in [7, 11) is 0. The third-order valence-electron chi connectivity index (χ3n) is 5.91. The lowest BCUT2D eigenvalue weighted by Crippen LogP contribution is -1.94. The van der Waals surface area contributed by atoms with E-state index in [4.69, 9.17) is 5.73 Å². The van der Waals surface area contributed by atoms with E-state index in [1.165, 1.54) is 33.4 Å². The van der Waals surface area contributed by atoms with Crippen molar-refractivity contribution >= 4 is 11.8 Å². The van der Waals surface area contributed by atoms with E-state index in [0.29, 0.717) is 5.92 Å². The Bertz CT molecular complexity index is 1150. The molecular formula is C40H59N. The summed E-state index contributed by atoms with van der Waals surface area (Å²) in [6.07, 6.45) is 30.9. The van der Waals surface area contributed by atoms with Crippen molar-refractivity contribution < 1.29 is 0 Å². The molecule has 0 aromatic heterocycles. The van der Waals surface area contributed by atoms with Crippen molar-refractivity contribution in [1.82, 2.24) is 0 Å². The summed E-state index contributed by atoms with van der Waals surface area (Å²) in [4.78, 5) is 0. The highest BCUT2D eigenvalue weighted by atomic mass is 14.5. The molecule has 0 heterocycles. The first kappa shape index (κ1) is 39.6. The van der Waals surface area contributed by atoms with Crippen molar-refractivity contribution in [3.05, 3.63) is 142 Å². The van der Waals surface area contributed by atoms with E-state index in [-0.39, 0.29) is 0 Å². The summed E-state index contributed by atoms with van der Waals surface area (Å²) in [5.74, 6) is 0.549. The van der Waals surface area contributed by atoms with Gasteiger partial charge in [0.25, 0.3) is 0 Å². The minimum absolute atomic E-state index is 0.549. The third kappa shape index (κ3) is 20.9. The zero-order valence-electron chi connectivity index (χ0n) is 28.3. The van der Waals surface area contributed by atoms with Crippen LogP contribution >= 0.6 is 0 Å². The van der Waals surface area contributed by atoms with Crippen LogP contribution in [0.4, 0.5) is 5.69 Å². The molecule has 1 aromatic rings. The van der Waals surface area contributed by atoms with E-state index in [1.54, 1.807) is 0 Å². The molecule has 0 aliphatic heterocycles. The van der Waals surface area contributed by atoms with Crippen LogP contribution in [0, 0.1) is 5.92 Å². The molecule has 1 nitrogen and oxygen atoms in total. The topological polar surface area (TPSA) is 26.0 Å². The highest BCUT2D eigenvalue weighted by molar-refractivity contribution is 5.56. The molecule has 0 atom stereocenters. The maximum absolute atomic E-state index is 5.73. The molecule has 0 aliphatic rings. The number of benzene rings is 1. The second-order valence-corrected chi connectivity index (χ2v) is 9.82. The van der Waals surface area contributed by atoms with Crippen LogP contribution < -0.4 is 5.73 Å². The fraction of sp³-hybridized carbons (Fsp3) is 0.350. The van der Waals surface area contributed by atoms with Crippen LogP contribution in [0.15, 0.2) is 137 Å². The van der Waals surface area contributed by atoms with Crippen molar-refractivity contribution in [3.8, 4) is 0 Å². The van der Waals surface area contributed by atoms with Gasteiger partial charge in [-0.15, -0.1) is 0 Å². The Balaban J connectivity index is 0. The van der Waals surface area contributed by atoms with Gasteiger partial charge < -0.3 is 5.73 Å². The highest BCUT2D eigenvalue weighted by Crippen LogP contribution is 2.19. The van der Waals surface area contributed by atoms with Crippen LogP contribution in [0.5, 0.6) is 0 Å². The van der Waals surface area contributed by atoms with Crippen LogP contribution in [0.1, 0.15) is 95.1 Å². The highest BCUT2D eigenvalue weighted by Gasteiger charge is 2.02. The molecular weight excluding hydrogens is 494 g/mol. The molecule has 2 N–H and O–H groups in total. The molecule has 1 rings (SSSR count). The number of hydrogen-bond acceptors (Lipinski definition) is 1. The lowest BCUT2D eigenvalue weighted by atomic mass is 9.95. The van der Waals surface area contributed by atoms with Gasteiger partial charge in [-0.25, -0.2) is 0 Å². The molecule has 224 valence electrons. The van der Waals surface area contributed by atoms with Gasteiger partial charge >= 0.3 is 0 Å². The second-order valence-electron chi connectivity index (χ2n) is 9.82. The van der Waals surface area contributed by atoms with Gasteiger partial charge in [0, 0.05) is 5.69 Å². The van der Waals surface area contributed by atoms with Crippen LogP contribution in [0.25, 0.3) is 6.08 Å². The lowest BCUT2D eigenvalue weighted by Gasteiger charge is -2.10. The molecule has 0 amide bonds. The number of anilines is 1. The summed E-state index contributed by atoms with van der Waals surface area (Å²) >= 11 is 0. The lowest BCUT2D eigenvalue weighted by molar-refractivity contribution is 0.771. The van der Waals surface area contributed by atoms with E-state index >= 15 is 0 Å². The van der Waals surface area contributed by atoms with Gasteiger partial charge in [-0.05, 0) is 70.2 Å². The Hall–Kier alpha value is -3.58. The Morgan fingerprint density at radius 1 is 0.610 bits per heavy atom. The molecule has 0 spiro atoms. The number of rotatable bonds is 12. The maximum atomic E-state index is 5.73. The summed E-state index contributed by atoms with van der Waals surface area (Å²) in [6.45, 7) is 25.4. The van der Waals surface area contributed by atoms with E-state index < -0.39 is 0 Å². The maximum Gasteiger partial charge on any atom is 0.0314 e. The average molecular weight is 554 g/mol. The van der Waals surface area contributed by atoms with E-state index in [1.807, 2.05) is 52.0 Å². The quantitative estimate of drug-likeness (QED) is 0.202. The van der Waals surface area contributed by atoms with E-state index in [0.717, 1.165) is 17.7 Å². The van der Waals surface area contributed by atoms with E-state index in [9.17, 15) is 0 Å². The van der Waals surface area contributed by atoms with Gasteiger partial charge in [-0.3, -0.25) is 0 Å². The molecule has 0 radical (unpaired) electrons. The van der Waals surface area contributed by atoms with Gasteiger partial charge in [0.05, 0.1) is 0 Å². The molecule has 1 heteroatoms. The predicted molar refractivity (Wildman–Crippen MR) is 192 cm³/mol. The molecule has 0 fully saturated rings. The average Bonchev–Trinajstić information content (AvgIpc) is 2.97. The Kier molecular flexibility index (Phi) is 24.5. The van der Waals surface area contributed by atoms with Crippen molar-refractivity contribution in [2.45, 2.75) is 89.5 Å². The SMILES string of the molecule is CC.CC.CC/C(C)=C(/C=C/C(C)=C/C=C/C(C)=C/C=C/C=C(C)/C=C/C=C(C)/C=C/c1ccc(N)cc1)C(C)C. The first-order valence-corrected chi connectivity index (χ1v) is 15.3. The Labute approximate surface area is 254 Å². The number of hydrogen-bond donors (Lipinski definition) is 1. The summed E-state index contributed by atoms with van der Waals surface area (Å²) in [6, 6.07) is 7.87. The Morgan fingerprint density at radius 2 is 1.02 bits per heavy atom. The summed E-state index contributed by atoms with van der Waals surface area (Å²) in [5.41, 5.74) is 15.4. The second kappa shape index (κ2) is 25.4. The molecule has 0 aliphatic carbocycles. The van der Waals surface area contributed by atoms with Crippen molar-refractivity contribution in [2.75, 3.05) is 5.73 Å². The van der Waals surface area contributed by atoms with Gasteiger partial charge in [-0.1, -0.05) is 174 Å². The third-order valence-corrected chi connectivity index (χ3v) is 5.91. The fourth-order valence-electron chi connectivity index (χ4n) is 3.43. The number of allylic oxidation sites excluding steroid dienone is 19. The fourth-order valence-corrected chi connectivity index (χ4v) is 3.43. The molecule has 41 heavy (non-hydrogen) atoms. The standard InChI is InChI=1S/C36H47N.2C2H6/c1-9-33(8)36(28(2)3)27-21-32(7)19-13-17-30(5)15-11-10-14-29(4)16-12-18-31(6)20-22-34-23-25-35(37)26-24-34;2*1-2/h10-28H,9,37H2,1-8H3;2*1-2H3/b11-10+,16-12+,17-13+,22-20+,27-21+,29-14+,30-15+,31-18+,32-19+,36-33-;;. The molecule has 1 aromatic carbocycles. The van der Waals surface area contributed by atoms with Gasteiger partial charge in [0.2, 0.25) is 0 Å². The minimum Gasteiger partial charge on any atom is -0.399 e. The van der Waals surface area contributed by atoms with Crippen molar-refractivity contribution in [2.24, 2.45) is 5.92 Å². The Morgan fingerprint density at radius 3 is 1.46 bits per heavy atom. The van der Waals surface area contributed by atoms with Crippen LogP contribution in [0.3, 0.4) is 0 Å². The number of nitrogens with two attached hydrogens (primary N) is 1. The van der Waals surface area contributed by atoms with Gasteiger partial charge in [0.1, 0.15) is 0 Å². The van der Waals surface area contributed by atoms with Gasteiger partial charge in [-0.2, -0.15) is 0 Å². The van der Waals surface area contributed by atoms with Crippen LogP contribution in [-0.2, 0) is 0 Å². The minimum atomic E-state index is 0.549. The largest absolute Gasteiger partial charge is 0.399 e. The predicted octanol–water partition coefficient (Wildman–Crippen LogP) is 12.7. The number of nitrogen functional groups attached to an aromatic ring is 1. The van der Waals surface area contributed by atoms with Crippen LogP contribution in [0.2, 0.25) is 0 Å². The van der Waals surface area contributed by atoms with Gasteiger partial charge in [0.15, 0.2) is 0 Å². The molecule has 0 saturated carbocycles. The summed E-state index contributed by atoms with van der Waals surface area (Å²) < 4.78 is 0. The molecule has 0 bridgehead atoms. The van der Waals surface area contributed by atoms with Crippen LogP contribution in [-0.4, -0.2) is 0 Å². The molecule has 0 unspecified atom stereocenters. The summed E-state index contributed by atoms with van der Waals surface area (Å²) in [5, 5.41) is 0. The zero-order chi connectivity index (χ0) is 31.6. The van der Waals surface area contributed by atoms with Crippen molar-refractivity contribution in [1.29, 1.82) is 0 Å². The smallest absolute Gasteiger partial charge is 0.0314 e. The van der Waals surface area contributed by atoms with E-state index in [2.05, 4.69) is 140 Å². The molecule has 0 saturated heterocycles. The first-order chi connectivity index (χ1) is 19.6. The zero-order valence-corrected chi connectivity index (χ0v) is 28.3.